The number of likely N-dealkylation sites (tertiary alicyclic amines) is 1. The molecule has 0 bridgehead atoms. The Hall–Kier alpha value is -1.53. The van der Waals surface area contributed by atoms with E-state index in [9.17, 15) is 9.90 Å². The van der Waals surface area contributed by atoms with Crippen molar-refractivity contribution in [1.82, 2.24) is 15.1 Å². The summed E-state index contributed by atoms with van der Waals surface area (Å²) in [5.74, 6) is 0.577. The Balaban J connectivity index is 1.53. The molecule has 2 heterocycles. The second-order valence-corrected chi connectivity index (χ2v) is 7.69. The van der Waals surface area contributed by atoms with E-state index in [1.54, 1.807) is 18.4 Å². The molecule has 1 saturated carbocycles. The van der Waals surface area contributed by atoms with Crippen LogP contribution in [0.4, 0.5) is 4.79 Å². The summed E-state index contributed by atoms with van der Waals surface area (Å²) in [6.45, 7) is 0.769. The highest BCUT2D eigenvalue weighted by Crippen LogP contribution is 2.28. The lowest BCUT2D eigenvalue weighted by molar-refractivity contribution is 0.106. The number of nitrogens with one attached hydrogen (secondary N) is 1. The summed E-state index contributed by atoms with van der Waals surface area (Å²) in [5, 5.41) is 13.6. The average molecular weight is 349 g/mol. The summed E-state index contributed by atoms with van der Waals surface area (Å²) < 4.78 is 5.28. The standard InChI is InChI=1S/C19H31N3O3/c1-21(2)15-7-3-6-14(12-15)20-19(24)22-10-4-8-16(22)13-17(23)18-9-5-11-25-18/h5,9,11,14-17,23H,3-4,6-8,10,12-13H2,1-2H3,(H,20,24). The predicted octanol–water partition coefficient (Wildman–Crippen LogP) is 2.75. The highest BCUT2D eigenvalue weighted by atomic mass is 16.4. The van der Waals surface area contributed by atoms with Crippen LogP contribution in [0, 0.1) is 0 Å². The smallest absolute Gasteiger partial charge is 0.317 e. The van der Waals surface area contributed by atoms with E-state index in [4.69, 9.17) is 4.42 Å². The minimum atomic E-state index is -0.652. The van der Waals surface area contributed by atoms with Gasteiger partial charge in [-0.2, -0.15) is 0 Å². The van der Waals surface area contributed by atoms with Crippen molar-refractivity contribution in [2.24, 2.45) is 0 Å². The van der Waals surface area contributed by atoms with Gasteiger partial charge in [-0.1, -0.05) is 0 Å². The van der Waals surface area contributed by atoms with E-state index in [0.29, 0.717) is 18.2 Å². The third-order valence-electron chi connectivity index (χ3n) is 5.71. The van der Waals surface area contributed by atoms with Gasteiger partial charge in [0, 0.05) is 31.1 Å². The minimum absolute atomic E-state index is 0.0264. The normalized spacial score (nSPS) is 28.3. The molecular weight excluding hydrogens is 318 g/mol. The Morgan fingerprint density at radius 2 is 2.24 bits per heavy atom. The molecule has 4 unspecified atom stereocenters. The van der Waals surface area contributed by atoms with Crippen molar-refractivity contribution in [3.8, 4) is 0 Å². The van der Waals surface area contributed by atoms with Gasteiger partial charge < -0.3 is 24.6 Å². The van der Waals surface area contributed by atoms with Crippen molar-refractivity contribution in [3.05, 3.63) is 24.2 Å². The van der Waals surface area contributed by atoms with Gasteiger partial charge in [0.15, 0.2) is 0 Å². The van der Waals surface area contributed by atoms with Crippen LogP contribution in [0.15, 0.2) is 22.8 Å². The van der Waals surface area contributed by atoms with Crippen LogP contribution < -0.4 is 5.32 Å². The molecule has 0 radical (unpaired) electrons. The molecule has 2 aliphatic rings. The number of aliphatic hydroxyl groups excluding tert-OH is 1. The van der Waals surface area contributed by atoms with Crippen LogP contribution in [0.2, 0.25) is 0 Å². The maximum absolute atomic E-state index is 12.8. The maximum Gasteiger partial charge on any atom is 0.317 e. The topological polar surface area (TPSA) is 69.0 Å². The maximum atomic E-state index is 12.8. The fourth-order valence-electron chi connectivity index (χ4n) is 4.22. The number of furan rings is 1. The molecule has 25 heavy (non-hydrogen) atoms. The number of hydrogen-bond acceptors (Lipinski definition) is 4. The third kappa shape index (κ3) is 4.55. The Morgan fingerprint density at radius 3 is 2.96 bits per heavy atom. The van der Waals surface area contributed by atoms with Crippen LogP contribution in [0.3, 0.4) is 0 Å². The Kier molecular flexibility index (Phi) is 6.02. The van der Waals surface area contributed by atoms with Gasteiger partial charge in [-0.3, -0.25) is 0 Å². The lowest BCUT2D eigenvalue weighted by Crippen LogP contribution is -2.50. The molecule has 6 heteroatoms. The number of nitrogens with zero attached hydrogens (tertiary/aromatic N) is 2. The van der Waals surface area contributed by atoms with E-state index >= 15 is 0 Å². The van der Waals surface area contributed by atoms with Crippen molar-refractivity contribution >= 4 is 6.03 Å². The predicted molar refractivity (Wildman–Crippen MR) is 96.3 cm³/mol. The van der Waals surface area contributed by atoms with Crippen molar-refractivity contribution in [2.45, 2.75) is 69.2 Å². The summed E-state index contributed by atoms with van der Waals surface area (Å²) >= 11 is 0. The quantitative estimate of drug-likeness (QED) is 0.858. The molecule has 2 N–H and O–H groups in total. The number of amides is 2. The molecule has 1 saturated heterocycles. The van der Waals surface area contributed by atoms with Gasteiger partial charge >= 0.3 is 6.03 Å². The van der Waals surface area contributed by atoms with E-state index in [1.165, 1.54) is 6.42 Å². The van der Waals surface area contributed by atoms with Crippen LogP contribution in [-0.4, -0.2) is 59.7 Å². The molecule has 2 amide bonds. The van der Waals surface area contributed by atoms with Crippen LogP contribution in [0.25, 0.3) is 0 Å². The van der Waals surface area contributed by atoms with Crippen LogP contribution in [0.5, 0.6) is 0 Å². The van der Waals surface area contributed by atoms with Gasteiger partial charge in [0.1, 0.15) is 11.9 Å². The zero-order valence-corrected chi connectivity index (χ0v) is 15.4. The second kappa shape index (κ2) is 8.23. The highest BCUT2D eigenvalue weighted by molar-refractivity contribution is 5.75. The molecule has 6 nitrogen and oxygen atoms in total. The molecule has 3 rings (SSSR count). The summed E-state index contributed by atoms with van der Waals surface area (Å²) in [6.07, 6.45) is 7.84. The Morgan fingerprint density at radius 1 is 1.40 bits per heavy atom. The molecule has 2 fully saturated rings. The first kappa shape index (κ1) is 18.3. The third-order valence-corrected chi connectivity index (χ3v) is 5.71. The van der Waals surface area contributed by atoms with E-state index in [2.05, 4.69) is 24.3 Å². The van der Waals surface area contributed by atoms with Gasteiger partial charge in [0.25, 0.3) is 0 Å². The highest BCUT2D eigenvalue weighted by Gasteiger charge is 2.33. The summed E-state index contributed by atoms with van der Waals surface area (Å²) in [7, 11) is 4.22. The first-order valence-corrected chi connectivity index (χ1v) is 9.49. The molecule has 0 spiro atoms. The largest absolute Gasteiger partial charge is 0.467 e. The fourth-order valence-corrected chi connectivity index (χ4v) is 4.22. The van der Waals surface area contributed by atoms with E-state index < -0.39 is 6.10 Å². The van der Waals surface area contributed by atoms with Gasteiger partial charge in [-0.15, -0.1) is 0 Å². The number of carbonyl (C=O) groups is 1. The van der Waals surface area contributed by atoms with E-state index in [-0.39, 0.29) is 18.1 Å². The molecule has 0 aromatic carbocycles. The second-order valence-electron chi connectivity index (χ2n) is 7.69. The van der Waals surface area contributed by atoms with Gasteiger partial charge in [-0.25, -0.2) is 4.79 Å². The van der Waals surface area contributed by atoms with Crippen molar-refractivity contribution in [2.75, 3.05) is 20.6 Å². The number of urea groups is 1. The van der Waals surface area contributed by atoms with E-state index in [1.807, 2.05) is 4.90 Å². The first-order valence-electron chi connectivity index (χ1n) is 9.49. The van der Waals surface area contributed by atoms with Crippen LogP contribution >= 0.6 is 0 Å². The van der Waals surface area contributed by atoms with Gasteiger partial charge in [0.2, 0.25) is 0 Å². The fraction of sp³-hybridized carbons (Fsp3) is 0.737. The van der Waals surface area contributed by atoms with E-state index in [0.717, 1.165) is 38.6 Å². The molecule has 1 aliphatic heterocycles. The zero-order chi connectivity index (χ0) is 17.8. The molecule has 1 aliphatic carbocycles. The molecular formula is C19H31N3O3. The first-order chi connectivity index (χ1) is 12.0. The van der Waals surface area contributed by atoms with Crippen molar-refractivity contribution in [1.29, 1.82) is 0 Å². The Labute approximate surface area is 150 Å². The number of aliphatic hydroxyl groups is 1. The van der Waals surface area contributed by atoms with Crippen LogP contribution in [-0.2, 0) is 0 Å². The molecule has 4 atom stereocenters. The minimum Gasteiger partial charge on any atom is -0.467 e. The van der Waals surface area contributed by atoms with Crippen molar-refractivity contribution in [3.63, 3.8) is 0 Å². The molecule has 1 aromatic rings. The monoisotopic (exact) mass is 349 g/mol. The number of carbonyl (C=O) groups excluding carboxylic acids is 1. The van der Waals surface area contributed by atoms with Crippen LogP contribution in [0.1, 0.15) is 56.8 Å². The summed E-state index contributed by atoms with van der Waals surface area (Å²) in [5.41, 5.74) is 0. The van der Waals surface area contributed by atoms with Gasteiger partial charge in [-0.05, 0) is 64.8 Å². The van der Waals surface area contributed by atoms with Crippen molar-refractivity contribution < 1.29 is 14.3 Å². The number of hydrogen-bond donors (Lipinski definition) is 2. The summed E-state index contributed by atoms with van der Waals surface area (Å²) in [6, 6.07) is 4.47. The lowest BCUT2D eigenvalue weighted by Gasteiger charge is -2.35. The van der Waals surface area contributed by atoms with Gasteiger partial charge in [0.05, 0.1) is 6.26 Å². The molecule has 140 valence electrons. The Bertz CT molecular complexity index is 546. The SMILES string of the molecule is CN(C)C1CCCC(NC(=O)N2CCCC2CC(O)c2ccco2)C1. The zero-order valence-electron chi connectivity index (χ0n) is 15.4. The average Bonchev–Trinajstić information content (AvgIpc) is 3.26. The lowest BCUT2D eigenvalue weighted by atomic mass is 9.90. The molecule has 1 aromatic heterocycles. The number of rotatable bonds is 5. The summed E-state index contributed by atoms with van der Waals surface area (Å²) in [4.78, 5) is 16.9.